The smallest absolute Gasteiger partial charge is 0.182 e. The highest BCUT2D eigenvalue weighted by Gasteiger charge is 2.11. The second-order valence-corrected chi connectivity index (χ2v) is 3.87. The van der Waals surface area contributed by atoms with Crippen molar-refractivity contribution in [2.24, 2.45) is 7.05 Å². The fraction of sp³-hybridized carbons (Fsp3) is 0.273. The summed E-state index contributed by atoms with van der Waals surface area (Å²) in [6.45, 7) is 1.90. The zero-order valence-electron chi connectivity index (χ0n) is 9.71. The lowest BCUT2D eigenvalue weighted by Gasteiger charge is -2.02. The van der Waals surface area contributed by atoms with E-state index in [-0.39, 0.29) is 12.2 Å². The summed E-state index contributed by atoms with van der Waals surface area (Å²) in [4.78, 5) is 13.2. The molecule has 0 radical (unpaired) electrons. The molecule has 2 rings (SSSR count). The van der Waals surface area contributed by atoms with Crippen LogP contribution in [0.4, 0.5) is 5.69 Å². The summed E-state index contributed by atoms with van der Waals surface area (Å²) in [5.41, 5.74) is 7.90. The monoisotopic (exact) mass is 231 g/mol. The normalized spacial score (nSPS) is 10.5. The maximum absolute atomic E-state index is 11.9. The Labute approximate surface area is 98.4 Å². The molecule has 2 N–H and O–H groups in total. The molecule has 17 heavy (non-hydrogen) atoms. The minimum Gasteiger partial charge on any atom is -0.398 e. The predicted molar refractivity (Wildman–Crippen MR) is 62.4 cm³/mol. The third-order valence-corrected chi connectivity index (χ3v) is 2.47. The Hall–Kier alpha value is -2.24. The Balaban J connectivity index is 2.17. The third kappa shape index (κ3) is 2.47. The van der Waals surface area contributed by atoms with Gasteiger partial charge in [0.25, 0.3) is 0 Å². The number of aromatic nitrogens is 4. The number of hydrogen-bond acceptors (Lipinski definition) is 5. The average molecular weight is 231 g/mol. The molecule has 1 aromatic heterocycles. The molecule has 0 amide bonds. The molecule has 0 atom stereocenters. The van der Waals surface area contributed by atoms with Gasteiger partial charge in [0, 0.05) is 11.3 Å². The number of hydrogen-bond donors (Lipinski definition) is 1. The second kappa shape index (κ2) is 4.32. The summed E-state index contributed by atoms with van der Waals surface area (Å²) in [5.74, 6) is 0.348. The summed E-state index contributed by atoms with van der Waals surface area (Å²) in [6, 6.07) is 5.26. The molecule has 0 unspecified atom stereocenters. The van der Waals surface area contributed by atoms with Gasteiger partial charge in [-0.25, -0.2) is 0 Å². The standard InChI is InChI=1S/C11H13N5O/c1-7-3-4-8(5-9(7)12)10(17)6-11-13-15-16(2)14-11/h3-5H,6,12H2,1-2H3. The largest absolute Gasteiger partial charge is 0.398 e. The first-order valence-corrected chi connectivity index (χ1v) is 5.18. The lowest BCUT2D eigenvalue weighted by Crippen LogP contribution is -2.06. The van der Waals surface area contributed by atoms with E-state index in [1.807, 2.05) is 13.0 Å². The first kappa shape index (κ1) is 11.3. The minimum atomic E-state index is -0.0651. The lowest BCUT2D eigenvalue weighted by atomic mass is 10.0. The van der Waals surface area contributed by atoms with Gasteiger partial charge in [0.15, 0.2) is 11.6 Å². The van der Waals surface area contributed by atoms with Gasteiger partial charge in [0.05, 0.1) is 13.5 Å². The van der Waals surface area contributed by atoms with Gasteiger partial charge in [-0.2, -0.15) is 4.80 Å². The number of aryl methyl sites for hydroxylation is 2. The third-order valence-electron chi connectivity index (χ3n) is 2.47. The van der Waals surface area contributed by atoms with Crippen LogP contribution in [0.3, 0.4) is 0 Å². The van der Waals surface area contributed by atoms with E-state index >= 15 is 0 Å². The van der Waals surface area contributed by atoms with Gasteiger partial charge in [-0.15, -0.1) is 10.2 Å². The zero-order valence-corrected chi connectivity index (χ0v) is 9.71. The van der Waals surface area contributed by atoms with Gasteiger partial charge in [0.2, 0.25) is 0 Å². The number of carbonyl (C=O) groups excluding carboxylic acids is 1. The number of nitrogen functional groups attached to an aromatic ring is 1. The van der Waals surface area contributed by atoms with E-state index in [1.165, 1.54) is 4.80 Å². The molecular weight excluding hydrogens is 218 g/mol. The molecule has 1 heterocycles. The van der Waals surface area contributed by atoms with Crippen molar-refractivity contribution in [3.05, 3.63) is 35.2 Å². The highest BCUT2D eigenvalue weighted by molar-refractivity contribution is 5.97. The quantitative estimate of drug-likeness (QED) is 0.615. The molecule has 6 heteroatoms. The topological polar surface area (TPSA) is 86.7 Å². The molecule has 0 bridgehead atoms. The fourth-order valence-electron chi connectivity index (χ4n) is 1.45. The number of ketones is 1. The van der Waals surface area contributed by atoms with Crippen molar-refractivity contribution in [2.45, 2.75) is 13.3 Å². The van der Waals surface area contributed by atoms with Crippen molar-refractivity contribution < 1.29 is 4.79 Å². The maximum Gasteiger partial charge on any atom is 0.182 e. The number of nitrogens with two attached hydrogens (primary N) is 1. The Morgan fingerprint density at radius 1 is 1.47 bits per heavy atom. The van der Waals surface area contributed by atoms with Crippen LogP contribution >= 0.6 is 0 Å². The van der Waals surface area contributed by atoms with Crippen molar-refractivity contribution >= 4 is 11.5 Å². The summed E-state index contributed by atoms with van der Waals surface area (Å²) >= 11 is 0. The van der Waals surface area contributed by atoms with E-state index < -0.39 is 0 Å². The molecule has 0 saturated heterocycles. The first-order chi connectivity index (χ1) is 8.06. The number of nitrogens with zero attached hydrogens (tertiary/aromatic N) is 4. The van der Waals surface area contributed by atoms with Crippen LogP contribution in [0.1, 0.15) is 21.7 Å². The van der Waals surface area contributed by atoms with Crippen LogP contribution < -0.4 is 5.73 Å². The Kier molecular flexibility index (Phi) is 2.86. The molecule has 0 aliphatic heterocycles. The highest BCUT2D eigenvalue weighted by atomic mass is 16.1. The molecule has 0 saturated carbocycles. The van der Waals surface area contributed by atoms with Crippen LogP contribution in [0.15, 0.2) is 18.2 Å². The van der Waals surface area contributed by atoms with E-state index in [9.17, 15) is 4.79 Å². The van der Waals surface area contributed by atoms with Crippen molar-refractivity contribution in [1.82, 2.24) is 20.2 Å². The fourth-order valence-corrected chi connectivity index (χ4v) is 1.45. The maximum atomic E-state index is 11.9. The molecule has 2 aromatic rings. The van der Waals surface area contributed by atoms with Gasteiger partial charge >= 0.3 is 0 Å². The summed E-state index contributed by atoms with van der Waals surface area (Å²) in [6.07, 6.45) is 0.135. The van der Waals surface area contributed by atoms with Crippen LogP contribution in [0.5, 0.6) is 0 Å². The van der Waals surface area contributed by atoms with E-state index in [4.69, 9.17) is 5.73 Å². The molecular formula is C11H13N5O. The predicted octanol–water partition coefficient (Wildman–Crippen LogP) is 0.526. The molecule has 0 aliphatic rings. The van der Waals surface area contributed by atoms with Gasteiger partial charge in [-0.1, -0.05) is 12.1 Å². The molecule has 0 fully saturated rings. The van der Waals surface area contributed by atoms with Crippen molar-refractivity contribution in [3.63, 3.8) is 0 Å². The summed E-state index contributed by atoms with van der Waals surface area (Å²) < 4.78 is 0. The van der Waals surface area contributed by atoms with Crippen LogP contribution in [0.2, 0.25) is 0 Å². The van der Waals surface area contributed by atoms with Gasteiger partial charge in [-0.3, -0.25) is 4.79 Å². The van der Waals surface area contributed by atoms with Crippen molar-refractivity contribution in [2.75, 3.05) is 5.73 Å². The van der Waals surface area contributed by atoms with Gasteiger partial charge < -0.3 is 5.73 Å². The number of tetrazole rings is 1. The molecule has 0 spiro atoms. The molecule has 88 valence electrons. The second-order valence-electron chi connectivity index (χ2n) is 3.87. The minimum absolute atomic E-state index is 0.0651. The van der Waals surface area contributed by atoms with Crippen molar-refractivity contribution in [1.29, 1.82) is 0 Å². The van der Waals surface area contributed by atoms with Crippen LogP contribution in [0.25, 0.3) is 0 Å². The summed E-state index contributed by atoms with van der Waals surface area (Å²) in [5, 5.41) is 11.4. The lowest BCUT2D eigenvalue weighted by molar-refractivity contribution is 0.0991. The Morgan fingerprint density at radius 3 is 2.82 bits per heavy atom. The van der Waals surface area contributed by atoms with E-state index in [1.54, 1.807) is 19.2 Å². The van der Waals surface area contributed by atoms with Crippen molar-refractivity contribution in [3.8, 4) is 0 Å². The number of anilines is 1. The highest BCUT2D eigenvalue weighted by Crippen LogP contribution is 2.14. The van der Waals surface area contributed by atoms with E-state index in [0.29, 0.717) is 17.1 Å². The molecule has 0 aliphatic carbocycles. The van der Waals surface area contributed by atoms with Crippen LogP contribution in [-0.4, -0.2) is 26.0 Å². The van der Waals surface area contributed by atoms with E-state index in [0.717, 1.165) is 5.56 Å². The summed E-state index contributed by atoms with van der Waals surface area (Å²) in [7, 11) is 1.66. The number of benzene rings is 1. The number of rotatable bonds is 3. The number of carbonyl (C=O) groups is 1. The number of Topliss-reactive ketones (excluding diaryl/α,β-unsaturated/α-hetero) is 1. The van der Waals surface area contributed by atoms with Crippen LogP contribution in [-0.2, 0) is 13.5 Å². The molecule has 6 nitrogen and oxygen atoms in total. The zero-order chi connectivity index (χ0) is 12.4. The van der Waals surface area contributed by atoms with Crippen LogP contribution in [0, 0.1) is 6.92 Å². The van der Waals surface area contributed by atoms with E-state index in [2.05, 4.69) is 15.4 Å². The Morgan fingerprint density at radius 2 is 2.24 bits per heavy atom. The van der Waals surface area contributed by atoms with Gasteiger partial charge in [-0.05, 0) is 23.8 Å². The van der Waals surface area contributed by atoms with Gasteiger partial charge in [0.1, 0.15) is 0 Å². The average Bonchev–Trinajstić information content (AvgIpc) is 2.68. The SMILES string of the molecule is Cc1ccc(C(=O)Cc2nnn(C)n2)cc1N. The molecule has 1 aromatic carbocycles. The Bertz CT molecular complexity index is 561. The first-order valence-electron chi connectivity index (χ1n) is 5.18.